The van der Waals surface area contributed by atoms with Crippen LogP contribution in [0.25, 0.3) is 0 Å². The second-order valence-electron chi connectivity index (χ2n) is 10.7. The van der Waals surface area contributed by atoms with Crippen molar-refractivity contribution < 1.29 is 19.1 Å². The molecule has 0 fully saturated rings. The van der Waals surface area contributed by atoms with Crippen LogP contribution in [0.5, 0.6) is 0 Å². The van der Waals surface area contributed by atoms with E-state index >= 15 is 0 Å². The molecule has 2 N–H and O–H groups in total. The van der Waals surface area contributed by atoms with E-state index < -0.39 is 29.3 Å². The van der Waals surface area contributed by atoms with Crippen LogP contribution >= 0.6 is 0 Å². The first kappa shape index (κ1) is 28.5. The molecule has 1 aromatic rings. The van der Waals surface area contributed by atoms with Crippen LogP contribution < -0.4 is 10.6 Å². The second kappa shape index (κ2) is 12.1. The quantitative estimate of drug-likeness (QED) is 0.513. The van der Waals surface area contributed by atoms with E-state index in [2.05, 4.69) is 17.6 Å². The zero-order chi connectivity index (χ0) is 25.4. The molecule has 1 rings (SSSR count). The van der Waals surface area contributed by atoms with Crippen LogP contribution in [0.15, 0.2) is 24.3 Å². The fourth-order valence-electron chi connectivity index (χ4n) is 3.44. The highest BCUT2D eigenvalue weighted by atomic mass is 16.6. The minimum absolute atomic E-state index is 0.248. The minimum atomic E-state index is -0.851. The van der Waals surface area contributed by atoms with Crippen molar-refractivity contribution in [3.8, 4) is 0 Å². The number of amides is 3. The number of benzene rings is 1. The maximum absolute atomic E-state index is 13.6. The number of nitrogens with one attached hydrogen (secondary N) is 2. The molecule has 1 aromatic carbocycles. The normalized spacial score (nSPS) is 13.6. The summed E-state index contributed by atoms with van der Waals surface area (Å²) in [5, 5.41) is 5.66. The fourth-order valence-corrected chi connectivity index (χ4v) is 3.44. The van der Waals surface area contributed by atoms with Crippen molar-refractivity contribution in [2.24, 2.45) is 0 Å². The Morgan fingerprint density at radius 3 is 2.21 bits per heavy atom. The monoisotopic (exact) mass is 461 g/mol. The Kier molecular flexibility index (Phi) is 10.4. The number of ether oxygens (including phenoxy) is 1. The summed E-state index contributed by atoms with van der Waals surface area (Å²) in [4.78, 5) is 40.9. The number of unbranched alkanes of at least 4 members (excludes halogenated alkanes) is 2. The van der Waals surface area contributed by atoms with Crippen LogP contribution in [0.3, 0.4) is 0 Å². The van der Waals surface area contributed by atoms with Gasteiger partial charge in [0.1, 0.15) is 17.7 Å². The largest absolute Gasteiger partial charge is 0.444 e. The molecule has 33 heavy (non-hydrogen) atoms. The molecule has 0 aliphatic carbocycles. The molecular formula is C26H43N3O4. The smallest absolute Gasteiger partial charge is 0.408 e. The number of hydrogen-bond acceptors (Lipinski definition) is 4. The highest BCUT2D eigenvalue weighted by Crippen LogP contribution is 2.25. The van der Waals surface area contributed by atoms with Crippen molar-refractivity contribution in [1.29, 1.82) is 0 Å². The molecule has 7 heteroatoms. The fraction of sp³-hybridized carbons (Fsp3) is 0.654. The second-order valence-corrected chi connectivity index (χ2v) is 10.7. The standard InChI is InChI=1S/C26H43N3O4/c1-10-11-12-16-29(23(31)19(3)27-24(32)33-26(7,8)9)21(22(30)28-25(4,5)6)20-15-13-14-18(2)17-20/h13-15,17,19,21H,10-12,16H2,1-9H3,(H,27,32)(H,28,30). The zero-order valence-electron chi connectivity index (χ0n) is 21.9. The summed E-state index contributed by atoms with van der Waals surface area (Å²) < 4.78 is 5.31. The summed E-state index contributed by atoms with van der Waals surface area (Å²) in [6.45, 7) is 17.1. The maximum Gasteiger partial charge on any atom is 0.408 e. The van der Waals surface area contributed by atoms with Gasteiger partial charge in [-0.05, 0) is 67.4 Å². The van der Waals surface area contributed by atoms with Crippen LogP contribution in [0.1, 0.15) is 91.8 Å². The van der Waals surface area contributed by atoms with Gasteiger partial charge in [0.15, 0.2) is 0 Å². The SMILES string of the molecule is CCCCCN(C(=O)C(C)NC(=O)OC(C)(C)C)C(C(=O)NC(C)(C)C)c1cccc(C)c1. The number of hydrogen-bond donors (Lipinski definition) is 2. The Morgan fingerprint density at radius 1 is 1.06 bits per heavy atom. The summed E-state index contributed by atoms with van der Waals surface area (Å²) in [6.07, 6.45) is 2.01. The number of nitrogens with zero attached hydrogens (tertiary/aromatic N) is 1. The number of alkyl carbamates (subject to hydrolysis) is 1. The molecule has 2 unspecified atom stereocenters. The number of carbonyl (C=O) groups excluding carboxylic acids is 3. The van der Waals surface area contributed by atoms with Crippen LogP contribution in [0.2, 0.25) is 0 Å². The highest BCUT2D eigenvalue weighted by molar-refractivity contribution is 5.92. The average molecular weight is 462 g/mol. The third kappa shape index (κ3) is 10.3. The van der Waals surface area contributed by atoms with Gasteiger partial charge < -0.3 is 20.3 Å². The van der Waals surface area contributed by atoms with Crippen LogP contribution in [0, 0.1) is 6.92 Å². The Hall–Kier alpha value is -2.57. The predicted molar refractivity (Wildman–Crippen MR) is 132 cm³/mol. The topological polar surface area (TPSA) is 87.7 Å². The van der Waals surface area contributed by atoms with Gasteiger partial charge in [0.2, 0.25) is 11.8 Å². The number of rotatable bonds is 9. The van der Waals surface area contributed by atoms with Crippen molar-refractivity contribution in [2.45, 2.75) is 105 Å². The van der Waals surface area contributed by atoms with E-state index in [1.165, 1.54) is 0 Å². The minimum Gasteiger partial charge on any atom is -0.444 e. The molecule has 0 saturated carbocycles. The Balaban J connectivity index is 3.33. The van der Waals surface area contributed by atoms with Gasteiger partial charge in [0.05, 0.1) is 0 Å². The highest BCUT2D eigenvalue weighted by Gasteiger charge is 2.35. The van der Waals surface area contributed by atoms with Gasteiger partial charge in [-0.2, -0.15) is 0 Å². The number of aryl methyl sites for hydroxylation is 1. The third-order valence-electron chi connectivity index (χ3n) is 4.81. The first-order valence-corrected chi connectivity index (χ1v) is 11.8. The van der Waals surface area contributed by atoms with Crippen molar-refractivity contribution >= 4 is 17.9 Å². The lowest BCUT2D eigenvalue weighted by Gasteiger charge is -2.35. The Bertz CT molecular complexity index is 808. The maximum atomic E-state index is 13.6. The lowest BCUT2D eigenvalue weighted by molar-refractivity contribution is -0.142. The van der Waals surface area contributed by atoms with E-state index in [1.807, 2.05) is 52.0 Å². The van der Waals surface area contributed by atoms with Gasteiger partial charge in [0, 0.05) is 12.1 Å². The summed E-state index contributed by atoms with van der Waals surface area (Å²) >= 11 is 0. The number of carbonyl (C=O) groups is 3. The van der Waals surface area contributed by atoms with Gasteiger partial charge in [-0.15, -0.1) is 0 Å². The molecule has 0 aliphatic heterocycles. The third-order valence-corrected chi connectivity index (χ3v) is 4.81. The van der Waals surface area contributed by atoms with E-state index in [-0.39, 0.29) is 11.8 Å². The van der Waals surface area contributed by atoms with Crippen LogP contribution in [-0.4, -0.2) is 46.5 Å². The Labute approximate surface area is 199 Å². The summed E-state index contributed by atoms with van der Waals surface area (Å²) in [7, 11) is 0. The zero-order valence-corrected chi connectivity index (χ0v) is 21.9. The molecule has 0 bridgehead atoms. The molecule has 2 atom stereocenters. The molecule has 0 aliphatic rings. The average Bonchev–Trinajstić information content (AvgIpc) is 2.63. The lowest BCUT2D eigenvalue weighted by atomic mass is 9.99. The van der Waals surface area contributed by atoms with Crippen LogP contribution in [0.4, 0.5) is 4.79 Å². The van der Waals surface area contributed by atoms with E-state index in [4.69, 9.17) is 4.74 Å². The molecular weight excluding hydrogens is 418 g/mol. The van der Waals surface area contributed by atoms with Crippen LogP contribution in [-0.2, 0) is 14.3 Å². The molecule has 3 amide bonds. The summed E-state index contributed by atoms with van der Waals surface area (Å²) in [5.74, 6) is -0.574. The van der Waals surface area contributed by atoms with Gasteiger partial charge in [0.25, 0.3) is 0 Å². The van der Waals surface area contributed by atoms with Crippen molar-refractivity contribution in [3.05, 3.63) is 35.4 Å². The summed E-state index contributed by atoms with van der Waals surface area (Å²) in [6, 6.07) is 5.98. The van der Waals surface area contributed by atoms with Crippen molar-refractivity contribution in [3.63, 3.8) is 0 Å². The Morgan fingerprint density at radius 2 is 1.70 bits per heavy atom. The summed E-state index contributed by atoms with van der Waals surface area (Å²) in [5.41, 5.74) is 0.607. The van der Waals surface area contributed by atoms with E-state index in [0.29, 0.717) is 6.54 Å². The first-order chi connectivity index (χ1) is 15.1. The van der Waals surface area contributed by atoms with Gasteiger partial charge in [-0.25, -0.2) is 4.79 Å². The molecule has 0 radical (unpaired) electrons. The molecule has 0 heterocycles. The predicted octanol–water partition coefficient (Wildman–Crippen LogP) is 4.88. The molecule has 7 nitrogen and oxygen atoms in total. The van der Waals surface area contributed by atoms with E-state index in [9.17, 15) is 14.4 Å². The molecule has 0 saturated heterocycles. The molecule has 186 valence electrons. The van der Waals surface area contributed by atoms with Crippen molar-refractivity contribution in [1.82, 2.24) is 15.5 Å². The van der Waals surface area contributed by atoms with Crippen molar-refractivity contribution in [2.75, 3.05) is 6.54 Å². The lowest BCUT2D eigenvalue weighted by Crippen LogP contribution is -2.54. The van der Waals surface area contributed by atoms with Gasteiger partial charge >= 0.3 is 6.09 Å². The van der Waals surface area contributed by atoms with E-state index in [1.54, 1.807) is 32.6 Å². The van der Waals surface area contributed by atoms with Gasteiger partial charge in [-0.1, -0.05) is 49.6 Å². The van der Waals surface area contributed by atoms with E-state index in [0.717, 1.165) is 30.4 Å². The first-order valence-electron chi connectivity index (χ1n) is 11.8. The molecule has 0 spiro atoms. The van der Waals surface area contributed by atoms with Gasteiger partial charge in [-0.3, -0.25) is 9.59 Å². The molecule has 0 aromatic heterocycles.